The van der Waals surface area contributed by atoms with Gasteiger partial charge < -0.3 is 29.1 Å². The molecule has 6 atom stereocenters. The lowest BCUT2D eigenvalue weighted by atomic mass is 9.83. The molecule has 0 aromatic carbocycles. The molecule has 0 aromatic rings. The minimum atomic E-state index is -0.487. The van der Waals surface area contributed by atoms with Crippen molar-refractivity contribution in [3.8, 4) is 0 Å². The van der Waals surface area contributed by atoms with Crippen LogP contribution in [-0.4, -0.2) is 109 Å². The van der Waals surface area contributed by atoms with Crippen molar-refractivity contribution in [3.63, 3.8) is 0 Å². The Labute approximate surface area is 166 Å². The summed E-state index contributed by atoms with van der Waals surface area (Å²) in [6, 6.07) is 0.277. The summed E-state index contributed by atoms with van der Waals surface area (Å²) < 4.78 is 9.41. The highest BCUT2D eigenvalue weighted by molar-refractivity contribution is 6.45. The molecule has 28 heavy (non-hydrogen) atoms. The predicted octanol–water partition coefficient (Wildman–Crippen LogP) is -2.63. The van der Waals surface area contributed by atoms with Crippen LogP contribution in [0.5, 0.6) is 0 Å². The lowest BCUT2D eigenvalue weighted by Crippen LogP contribution is -2.58. The van der Waals surface area contributed by atoms with Crippen molar-refractivity contribution in [1.29, 1.82) is 0 Å². The first kappa shape index (κ1) is 21.5. The molecule has 4 fully saturated rings. The smallest absolute Gasteiger partial charge is 0.376 e. The van der Waals surface area contributed by atoms with Crippen LogP contribution in [0, 0.1) is 0 Å². The summed E-state index contributed by atoms with van der Waals surface area (Å²) in [5, 5.41) is 25.4. The average Bonchev–Trinajstić information content (AvgIpc) is 3.45. The Bertz CT molecular complexity index is 547. The normalized spacial score (nSPS) is 36.1. The van der Waals surface area contributed by atoms with E-state index in [0.29, 0.717) is 12.1 Å². The Morgan fingerprint density at radius 1 is 0.857 bits per heavy atom. The van der Waals surface area contributed by atoms with Gasteiger partial charge in [-0.2, -0.15) is 0 Å². The lowest BCUT2D eigenvalue weighted by molar-refractivity contribution is -0.145. The van der Waals surface area contributed by atoms with Crippen LogP contribution in [0.15, 0.2) is 0 Å². The van der Waals surface area contributed by atoms with Gasteiger partial charge in [-0.15, -0.1) is 0 Å². The third-order valence-corrected chi connectivity index (χ3v) is 6.24. The summed E-state index contributed by atoms with van der Waals surface area (Å²) >= 11 is 0. The highest BCUT2D eigenvalue weighted by Gasteiger charge is 2.50. The second kappa shape index (κ2) is 8.68. The molecule has 0 radical (unpaired) electrons. The van der Waals surface area contributed by atoms with Crippen LogP contribution in [0.3, 0.4) is 0 Å². The first-order chi connectivity index (χ1) is 13.3. The molecule has 4 saturated heterocycles. The quantitative estimate of drug-likeness (QED) is 0.297. The van der Waals surface area contributed by atoms with Gasteiger partial charge in [-0.1, -0.05) is 0 Å². The van der Waals surface area contributed by atoms with Crippen molar-refractivity contribution in [1.82, 2.24) is 20.3 Å². The van der Waals surface area contributed by atoms with Gasteiger partial charge in [0.05, 0.1) is 14.2 Å². The van der Waals surface area contributed by atoms with Crippen LogP contribution in [0.2, 0.25) is 13.6 Å². The largest absolute Gasteiger partial charge is 0.468 e. The molecule has 0 saturated carbocycles. The van der Waals surface area contributed by atoms with Gasteiger partial charge in [0.25, 0.3) is 0 Å². The summed E-state index contributed by atoms with van der Waals surface area (Å²) in [6.07, 6.45) is 1.84. The first-order valence-electron chi connectivity index (χ1n) is 9.82. The molecule has 12 heteroatoms. The topological polar surface area (TPSA) is 124 Å². The number of rotatable bonds is 4. The molecule has 4 aliphatic rings. The SMILES string of the molecule is COC(=O)[C@@H]1NC2CC1N(B(C)O)C2.COC(=O)[C@H]1NC2CC1N(B(C)O)C2. The predicted molar refractivity (Wildman–Crippen MR) is 103 cm³/mol. The molecule has 0 aliphatic carbocycles. The lowest BCUT2D eigenvalue weighted by Gasteiger charge is -2.32. The van der Waals surface area contributed by atoms with Crippen molar-refractivity contribution < 1.29 is 29.1 Å². The second-order valence-corrected chi connectivity index (χ2v) is 7.99. The van der Waals surface area contributed by atoms with Crippen molar-refractivity contribution >= 4 is 26.0 Å². The van der Waals surface area contributed by atoms with E-state index in [4.69, 9.17) is 9.47 Å². The standard InChI is InChI=1S/2C8H15BN2O3/c2*1-9(13)11-4-5-3-6(11)7(10-5)8(12)14-2/h2*5-7,10,13H,3-4H2,1-2H3/t2*5?,6?,7-/m10/s1. The summed E-state index contributed by atoms with van der Waals surface area (Å²) in [7, 11) is 1.81. The maximum Gasteiger partial charge on any atom is 0.376 e. The zero-order valence-electron chi connectivity index (χ0n) is 16.9. The molecule has 4 unspecified atom stereocenters. The molecule has 0 amide bonds. The van der Waals surface area contributed by atoms with Gasteiger partial charge in [0.2, 0.25) is 0 Å². The minimum Gasteiger partial charge on any atom is -0.468 e. The molecule has 4 aliphatic heterocycles. The highest BCUT2D eigenvalue weighted by Crippen LogP contribution is 2.29. The molecule has 4 N–H and O–H groups in total. The first-order valence-corrected chi connectivity index (χ1v) is 9.82. The Morgan fingerprint density at radius 2 is 1.21 bits per heavy atom. The third kappa shape index (κ3) is 4.07. The van der Waals surface area contributed by atoms with Gasteiger partial charge in [-0.05, 0) is 26.5 Å². The molecular weight excluding hydrogens is 366 g/mol. The van der Waals surface area contributed by atoms with E-state index in [9.17, 15) is 19.6 Å². The van der Waals surface area contributed by atoms with Gasteiger partial charge in [-0.3, -0.25) is 20.2 Å². The number of methoxy groups -OCH3 is 2. The van der Waals surface area contributed by atoms with Crippen molar-refractivity contribution in [2.24, 2.45) is 0 Å². The van der Waals surface area contributed by atoms with Crippen molar-refractivity contribution in [2.75, 3.05) is 27.3 Å². The third-order valence-electron chi connectivity index (χ3n) is 6.24. The van der Waals surface area contributed by atoms with Gasteiger partial charge >= 0.3 is 26.0 Å². The van der Waals surface area contributed by atoms with E-state index in [1.165, 1.54) is 14.2 Å². The Kier molecular flexibility index (Phi) is 6.68. The number of hydrogen-bond donors (Lipinski definition) is 4. The Hall–Kier alpha value is -1.17. The van der Waals surface area contributed by atoms with E-state index in [0.717, 1.165) is 25.9 Å². The number of esters is 2. The molecule has 4 rings (SSSR count). The van der Waals surface area contributed by atoms with Crippen molar-refractivity contribution in [3.05, 3.63) is 0 Å². The van der Waals surface area contributed by atoms with E-state index in [-0.39, 0.29) is 36.1 Å². The van der Waals surface area contributed by atoms with Crippen LogP contribution in [0.1, 0.15) is 12.8 Å². The number of hydrogen-bond acceptors (Lipinski definition) is 10. The molecule has 10 nitrogen and oxygen atoms in total. The van der Waals surface area contributed by atoms with E-state index in [1.54, 1.807) is 13.6 Å². The number of nitrogens with zero attached hydrogens (tertiary/aromatic N) is 2. The van der Waals surface area contributed by atoms with E-state index < -0.39 is 14.1 Å². The monoisotopic (exact) mass is 396 g/mol. The number of nitrogens with one attached hydrogen (secondary N) is 2. The number of carbonyl (C=O) groups excluding carboxylic acids is 2. The van der Waals surface area contributed by atoms with E-state index >= 15 is 0 Å². The minimum absolute atomic E-state index is 0.0902. The number of fused-ring (bicyclic) bond motifs is 4. The Balaban J connectivity index is 0.000000161. The van der Waals surface area contributed by atoms with Crippen LogP contribution in [0.25, 0.3) is 0 Å². The molecule has 4 bridgehead atoms. The van der Waals surface area contributed by atoms with E-state index in [1.807, 2.05) is 9.62 Å². The van der Waals surface area contributed by atoms with Crippen LogP contribution in [-0.2, 0) is 19.1 Å². The van der Waals surface area contributed by atoms with Gasteiger partial charge in [0.15, 0.2) is 0 Å². The molecular formula is C16H30B2N4O6. The molecule has 156 valence electrons. The summed E-state index contributed by atoms with van der Waals surface area (Å²) in [4.78, 5) is 26.7. The fourth-order valence-electron chi connectivity index (χ4n) is 4.97. The number of ether oxygens (including phenoxy) is 2. The van der Waals surface area contributed by atoms with Crippen molar-refractivity contribution in [2.45, 2.75) is 62.7 Å². The molecule has 4 heterocycles. The maximum atomic E-state index is 11.4. The molecule has 0 spiro atoms. The number of carbonyl (C=O) groups is 2. The fourth-order valence-corrected chi connectivity index (χ4v) is 4.97. The summed E-state index contributed by atoms with van der Waals surface area (Å²) in [5.41, 5.74) is 0. The van der Waals surface area contributed by atoms with Gasteiger partial charge in [-0.25, -0.2) is 0 Å². The molecule has 0 aromatic heterocycles. The summed E-state index contributed by atoms with van der Waals surface area (Å²) in [6.45, 7) is 5.09. The average molecular weight is 396 g/mol. The van der Waals surface area contributed by atoms with Gasteiger partial charge in [0.1, 0.15) is 12.1 Å². The fraction of sp³-hybridized carbons (Fsp3) is 0.875. The number of piperazine rings is 2. The zero-order chi connectivity index (χ0) is 20.6. The Morgan fingerprint density at radius 3 is 1.46 bits per heavy atom. The van der Waals surface area contributed by atoms with E-state index in [2.05, 4.69) is 10.6 Å². The van der Waals surface area contributed by atoms with Crippen LogP contribution < -0.4 is 10.6 Å². The van der Waals surface area contributed by atoms with Gasteiger partial charge in [0, 0.05) is 37.3 Å². The van der Waals surface area contributed by atoms with Crippen LogP contribution >= 0.6 is 0 Å². The maximum absolute atomic E-state index is 11.4. The second-order valence-electron chi connectivity index (χ2n) is 7.99. The van der Waals surface area contributed by atoms with Crippen LogP contribution in [0.4, 0.5) is 0 Å². The highest BCUT2D eigenvalue weighted by atomic mass is 16.5. The zero-order valence-corrected chi connectivity index (χ0v) is 16.9. The summed E-state index contributed by atoms with van der Waals surface area (Å²) in [5.74, 6) is -0.467.